The van der Waals surface area contributed by atoms with Gasteiger partial charge in [0, 0.05) is 9.79 Å². The van der Waals surface area contributed by atoms with Crippen molar-refractivity contribution in [2.24, 2.45) is 5.92 Å². The van der Waals surface area contributed by atoms with Crippen LogP contribution in [0.3, 0.4) is 0 Å². The number of hydrogen-bond acceptors (Lipinski definition) is 2. The van der Waals surface area contributed by atoms with Crippen molar-refractivity contribution >= 4 is 23.5 Å². The Kier molecular flexibility index (Phi) is 5.49. The third kappa shape index (κ3) is 3.97. The maximum atomic E-state index is 2.28. The minimum absolute atomic E-state index is 0.809. The van der Waals surface area contributed by atoms with Gasteiger partial charge in [-0.2, -0.15) is 0 Å². The molecular weight excluding hydrogens is 208 g/mol. The molecule has 0 atom stereocenters. The van der Waals surface area contributed by atoms with E-state index in [0.717, 1.165) is 5.92 Å². The molecule has 0 saturated heterocycles. The number of hydrogen-bond donors (Lipinski definition) is 0. The molecule has 1 aromatic carbocycles. The van der Waals surface area contributed by atoms with Crippen molar-refractivity contribution in [1.29, 1.82) is 0 Å². The van der Waals surface area contributed by atoms with Crippen molar-refractivity contribution in [3.63, 3.8) is 0 Å². The van der Waals surface area contributed by atoms with Crippen LogP contribution in [0.2, 0.25) is 0 Å². The lowest BCUT2D eigenvalue weighted by atomic mass is 10.2. The lowest BCUT2D eigenvalue weighted by Crippen LogP contribution is -1.89. The second kappa shape index (κ2) is 6.41. The first-order valence-electron chi connectivity index (χ1n) is 5.00. The van der Waals surface area contributed by atoms with Crippen LogP contribution < -0.4 is 0 Å². The summed E-state index contributed by atoms with van der Waals surface area (Å²) in [5.41, 5.74) is 0. The minimum atomic E-state index is 0.809. The Morgan fingerprint density at radius 3 is 2.36 bits per heavy atom. The molecule has 1 aromatic rings. The van der Waals surface area contributed by atoms with Crippen molar-refractivity contribution in [1.82, 2.24) is 0 Å². The molecule has 0 unspecified atom stereocenters. The molecule has 0 saturated carbocycles. The zero-order valence-electron chi connectivity index (χ0n) is 9.12. The molecule has 0 spiro atoms. The normalized spacial score (nSPS) is 10.9. The maximum Gasteiger partial charge on any atom is 0.0208 e. The Balaban J connectivity index is 2.49. The fraction of sp³-hybridized carbons (Fsp3) is 0.500. The van der Waals surface area contributed by atoms with Gasteiger partial charge in [0.25, 0.3) is 0 Å². The first kappa shape index (κ1) is 12.0. The highest BCUT2D eigenvalue weighted by molar-refractivity contribution is 8.02. The fourth-order valence-electron chi connectivity index (χ4n) is 1.14. The van der Waals surface area contributed by atoms with Crippen LogP contribution in [0.25, 0.3) is 0 Å². The first-order chi connectivity index (χ1) is 6.74. The van der Waals surface area contributed by atoms with Gasteiger partial charge in [-0.1, -0.05) is 26.0 Å². The van der Waals surface area contributed by atoms with E-state index in [-0.39, 0.29) is 0 Å². The quantitative estimate of drug-likeness (QED) is 0.676. The van der Waals surface area contributed by atoms with Crippen molar-refractivity contribution < 1.29 is 0 Å². The third-order valence-electron chi connectivity index (χ3n) is 2.02. The van der Waals surface area contributed by atoms with E-state index in [4.69, 9.17) is 0 Å². The van der Waals surface area contributed by atoms with Gasteiger partial charge in [-0.15, -0.1) is 23.5 Å². The average Bonchev–Trinajstić information content (AvgIpc) is 2.18. The molecule has 0 fully saturated rings. The molecule has 0 amide bonds. The molecule has 0 heterocycles. The van der Waals surface area contributed by atoms with Gasteiger partial charge in [-0.05, 0) is 36.5 Å². The summed E-state index contributed by atoms with van der Waals surface area (Å²) in [5, 5.41) is 0. The van der Waals surface area contributed by atoms with E-state index >= 15 is 0 Å². The lowest BCUT2D eigenvalue weighted by molar-refractivity contribution is 0.632. The Hall–Kier alpha value is -0.0800. The van der Waals surface area contributed by atoms with Crippen LogP contribution in [-0.4, -0.2) is 12.0 Å². The van der Waals surface area contributed by atoms with Gasteiger partial charge in [0.05, 0.1) is 0 Å². The van der Waals surface area contributed by atoms with E-state index < -0.39 is 0 Å². The molecule has 0 aromatic heterocycles. The first-order valence-corrected chi connectivity index (χ1v) is 7.21. The standard InChI is InChI=1S/C12H18S2/c1-10(2)8-9-14-12-7-5-4-6-11(12)13-3/h4-7,10H,8-9H2,1-3H3. The molecule has 1 rings (SSSR count). The molecule has 0 bridgehead atoms. The summed E-state index contributed by atoms with van der Waals surface area (Å²) in [6.45, 7) is 4.56. The van der Waals surface area contributed by atoms with Gasteiger partial charge < -0.3 is 0 Å². The number of rotatable bonds is 5. The van der Waals surface area contributed by atoms with E-state index in [0.29, 0.717) is 0 Å². The summed E-state index contributed by atoms with van der Waals surface area (Å²) in [6, 6.07) is 8.65. The molecule has 78 valence electrons. The highest BCUT2D eigenvalue weighted by Gasteiger charge is 2.01. The van der Waals surface area contributed by atoms with Gasteiger partial charge >= 0.3 is 0 Å². The van der Waals surface area contributed by atoms with Crippen molar-refractivity contribution in [2.45, 2.75) is 30.1 Å². The summed E-state index contributed by atoms with van der Waals surface area (Å²) < 4.78 is 0. The minimum Gasteiger partial charge on any atom is -0.128 e. The molecule has 0 radical (unpaired) electrons. The Labute approximate surface area is 95.9 Å². The van der Waals surface area contributed by atoms with Crippen molar-refractivity contribution in [2.75, 3.05) is 12.0 Å². The van der Waals surface area contributed by atoms with Crippen LogP contribution >= 0.6 is 23.5 Å². The second-order valence-electron chi connectivity index (χ2n) is 3.68. The van der Waals surface area contributed by atoms with Gasteiger partial charge in [0.15, 0.2) is 0 Å². The van der Waals surface area contributed by atoms with Gasteiger partial charge in [0.2, 0.25) is 0 Å². The largest absolute Gasteiger partial charge is 0.128 e. The van der Waals surface area contributed by atoms with Gasteiger partial charge in [-0.3, -0.25) is 0 Å². The molecule has 2 heteroatoms. The van der Waals surface area contributed by atoms with Crippen LogP contribution in [0, 0.1) is 5.92 Å². The summed E-state index contributed by atoms with van der Waals surface area (Å²) in [4.78, 5) is 2.84. The Morgan fingerprint density at radius 1 is 1.14 bits per heavy atom. The Morgan fingerprint density at radius 2 is 1.79 bits per heavy atom. The second-order valence-corrected chi connectivity index (χ2v) is 5.67. The Bertz CT molecular complexity index is 269. The van der Waals surface area contributed by atoms with Crippen molar-refractivity contribution in [3.05, 3.63) is 24.3 Å². The van der Waals surface area contributed by atoms with E-state index in [1.165, 1.54) is 22.0 Å². The topological polar surface area (TPSA) is 0 Å². The van der Waals surface area contributed by atoms with E-state index in [1.54, 1.807) is 0 Å². The summed E-state index contributed by atoms with van der Waals surface area (Å²) in [7, 11) is 0. The average molecular weight is 226 g/mol. The van der Waals surface area contributed by atoms with Crippen LogP contribution in [0.1, 0.15) is 20.3 Å². The zero-order valence-corrected chi connectivity index (χ0v) is 10.8. The number of thioether (sulfide) groups is 2. The van der Waals surface area contributed by atoms with Crippen LogP contribution in [-0.2, 0) is 0 Å². The van der Waals surface area contributed by atoms with Crippen molar-refractivity contribution in [3.8, 4) is 0 Å². The summed E-state index contributed by atoms with van der Waals surface area (Å²) in [5.74, 6) is 2.04. The zero-order chi connectivity index (χ0) is 10.4. The smallest absolute Gasteiger partial charge is 0.0208 e. The van der Waals surface area contributed by atoms with Crippen LogP contribution in [0.5, 0.6) is 0 Å². The van der Waals surface area contributed by atoms with E-state index in [9.17, 15) is 0 Å². The SMILES string of the molecule is CSc1ccccc1SCCC(C)C. The predicted octanol–water partition coefficient (Wildman–Crippen LogP) is 4.55. The molecular formula is C12H18S2. The maximum absolute atomic E-state index is 2.28. The molecule has 14 heavy (non-hydrogen) atoms. The fourth-order valence-corrected chi connectivity index (χ4v) is 3.25. The van der Waals surface area contributed by atoms with Gasteiger partial charge in [0.1, 0.15) is 0 Å². The molecule has 0 nitrogen and oxygen atoms in total. The van der Waals surface area contributed by atoms with E-state index in [1.807, 2.05) is 23.5 Å². The summed E-state index contributed by atoms with van der Waals surface area (Å²) in [6.07, 6.45) is 3.44. The molecule has 0 aliphatic carbocycles. The third-order valence-corrected chi connectivity index (χ3v) is 4.05. The number of benzene rings is 1. The highest BCUT2D eigenvalue weighted by Crippen LogP contribution is 2.29. The molecule has 0 N–H and O–H groups in total. The molecule has 0 aliphatic heterocycles. The summed E-state index contributed by atoms with van der Waals surface area (Å²) >= 11 is 3.81. The van der Waals surface area contributed by atoms with Crippen LogP contribution in [0.4, 0.5) is 0 Å². The van der Waals surface area contributed by atoms with Gasteiger partial charge in [-0.25, -0.2) is 0 Å². The molecule has 0 aliphatic rings. The lowest BCUT2D eigenvalue weighted by Gasteiger charge is -2.07. The predicted molar refractivity (Wildman–Crippen MR) is 68.4 cm³/mol. The monoisotopic (exact) mass is 226 g/mol. The highest BCUT2D eigenvalue weighted by atomic mass is 32.2. The van der Waals surface area contributed by atoms with E-state index in [2.05, 4.69) is 44.4 Å². The van der Waals surface area contributed by atoms with Crippen LogP contribution in [0.15, 0.2) is 34.1 Å².